The Hall–Kier alpha value is -2.63. The van der Waals surface area contributed by atoms with Gasteiger partial charge in [0.15, 0.2) is 0 Å². The normalized spacial score (nSPS) is 17.0. The molecule has 1 saturated heterocycles. The summed E-state index contributed by atoms with van der Waals surface area (Å²) in [5.74, 6) is 1.50. The van der Waals surface area contributed by atoms with Gasteiger partial charge in [-0.05, 0) is 63.9 Å². The SMILES string of the molecule is CCOc1ccc(NC(=O)[C@H]2CCCN(c3nc(C)cc(C)n3)C2)cc1. The summed E-state index contributed by atoms with van der Waals surface area (Å²) in [7, 11) is 0. The summed E-state index contributed by atoms with van der Waals surface area (Å²) in [5.41, 5.74) is 2.69. The number of hydrogen-bond acceptors (Lipinski definition) is 5. The third-order valence-electron chi connectivity index (χ3n) is 4.48. The molecule has 1 aliphatic heterocycles. The lowest BCUT2D eigenvalue weighted by Crippen LogP contribution is -2.41. The van der Waals surface area contributed by atoms with Crippen molar-refractivity contribution in [3.05, 3.63) is 41.7 Å². The van der Waals surface area contributed by atoms with Crippen molar-refractivity contribution in [1.29, 1.82) is 0 Å². The molecule has 2 aromatic rings. The van der Waals surface area contributed by atoms with Crippen molar-refractivity contribution in [3.63, 3.8) is 0 Å². The number of piperidine rings is 1. The van der Waals surface area contributed by atoms with Crippen LogP contribution in [0.5, 0.6) is 5.75 Å². The van der Waals surface area contributed by atoms with Gasteiger partial charge in [-0.25, -0.2) is 9.97 Å². The van der Waals surface area contributed by atoms with Gasteiger partial charge in [0.1, 0.15) is 5.75 Å². The molecule has 1 fully saturated rings. The van der Waals surface area contributed by atoms with E-state index in [2.05, 4.69) is 20.2 Å². The van der Waals surface area contributed by atoms with Gasteiger partial charge in [0.05, 0.1) is 12.5 Å². The van der Waals surface area contributed by atoms with Crippen molar-refractivity contribution in [2.24, 2.45) is 5.92 Å². The second-order valence-corrected chi connectivity index (χ2v) is 6.68. The van der Waals surface area contributed by atoms with Gasteiger partial charge in [-0.2, -0.15) is 0 Å². The molecule has 0 saturated carbocycles. The fourth-order valence-corrected chi connectivity index (χ4v) is 3.27. The van der Waals surface area contributed by atoms with Crippen molar-refractivity contribution >= 4 is 17.5 Å². The minimum absolute atomic E-state index is 0.0447. The number of hydrogen-bond donors (Lipinski definition) is 1. The number of nitrogens with zero attached hydrogens (tertiary/aromatic N) is 3. The molecule has 1 aromatic carbocycles. The molecule has 2 heterocycles. The number of nitrogens with one attached hydrogen (secondary N) is 1. The summed E-state index contributed by atoms with van der Waals surface area (Å²) in [6, 6.07) is 9.45. The summed E-state index contributed by atoms with van der Waals surface area (Å²) < 4.78 is 5.43. The van der Waals surface area contributed by atoms with Crippen LogP contribution in [0.15, 0.2) is 30.3 Å². The van der Waals surface area contributed by atoms with Gasteiger partial charge in [-0.1, -0.05) is 0 Å². The van der Waals surface area contributed by atoms with E-state index in [4.69, 9.17) is 4.74 Å². The molecule has 0 bridgehead atoms. The second kappa shape index (κ2) is 8.17. The van der Waals surface area contributed by atoms with Crippen molar-refractivity contribution < 1.29 is 9.53 Å². The maximum Gasteiger partial charge on any atom is 0.229 e. The Labute approximate surface area is 154 Å². The minimum atomic E-state index is -0.0697. The number of amides is 1. The predicted molar refractivity (Wildman–Crippen MR) is 103 cm³/mol. The van der Waals surface area contributed by atoms with Crippen LogP contribution in [-0.2, 0) is 4.79 Å². The van der Waals surface area contributed by atoms with E-state index in [1.54, 1.807) is 0 Å². The summed E-state index contributed by atoms with van der Waals surface area (Å²) in [5, 5.41) is 3.01. The van der Waals surface area contributed by atoms with Gasteiger partial charge in [0.25, 0.3) is 0 Å². The highest BCUT2D eigenvalue weighted by atomic mass is 16.5. The van der Waals surface area contributed by atoms with Gasteiger partial charge >= 0.3 is 0 Å². The third kappa shape index (κ3) is 4.50. The zero-order valence-corrected chi connectivity index (χ0v) is 15.7. The first-order valence-electron chi connectivity index (χ1n) is 9.16. The lowest BCUT2D eigenvalue weighted by atomic mass is 9.97. The first-order valence-corrected chi connectivity index (χ1v) is 9.16. The van der Waals surface area contributed by atoms with Crippen LogP contribution < -0.4 is 15.0 Å². The molecule has 1 aliphatic rings. The highest BCUT2D eigenvalue weighted by Crippen LogP contribution is 2.23. The zero-order chi connectivity index (χ0) is 18.5. The van der Waals surface area contributed by atoms with Crippen LogP contribution in [0.1, 0.15) is 31.2 Å². The van der Waals surface area contributed by atoms with Gasteiger partial charge in [-0.15, -0.1) is 0 Å². The lowest BCUT2D eigenvalue weighted by Gasteiger charge is -2.32. The van der Waals surface area contributed by atoms with E-state index in [0.717, 1.165) is 48.2 Å². The highest BCUT2D eigenvalue weighted by Gasteiger charge is 2.27. The van der Waals surface area contributed by atoms with E-state index in [-0.39, 0.29) is 11.8 Å². The molecule has 6 heteroatoms. The maximum atomic E-state index is 12.7. The second-order valence-electron chi connectivity index (χ2n) is 6.68. The van der Waals surface area contributed by atoms with Crippen LogP contribution in [0.4, 0.5) is 11.6 Å². The van der Waals surface area contributed by atoms with Crippen LogP contribution in [0.2, 0.25) is 0 Å². The number of anilines is 2. The Bertz CT molecular complexity index is 741. The van der Waals surface area contributed by atoms with E-state index in [0.29, 0.717) is 13.2 Å². The van der Waals surface area contributed by atoms with E-state index >= 15 is 0 Å². The van der Waals surface area contributed by atoms with Gasteiger partial charge < -0.3 is 15.0 Å². The standard InChI is InChI=1S/C20H26N4O2/c1-4-26-18-9-7-17(8-10-18)23-19(25)16-6-5-11-24(13-16)20-21-14(2)12-15(3)22-20/h7-10,12,16H,4-6,11,13H2,1-3H3,(H,23,25)/t16-/m0/s1. The van der Waals surface area contributed by atoms with Gasteiger partial charge in [-0.3, -0.25) is 4.79 Å². The molecule has 0 aliphatic carbocycles. The Morgan fingerprint density at radius 1 is 1.23 bits per heavy atom. The zero-order valence-electron chi connectivity index (χ0n) is 15.7. The first-order chi connectivity index (χ1) is 12.5. The number of ether oxygens (including phenoxy) is 1. The fourth-order valence-electron chi connectivity index (χ4n) is 3.27. The Morgan fingerprint density at radius 3 is 2.58 bits per heavy atom. The van der Waals surface area contributed by atoms with E-state index in [1.165, 1.54) is 0 Å². The Morgan fingerprint density at radius 2 is 1.92 bits per heavy atom. The molecule has 138 valence electrons. The quantitative estimate of drug-likeness (QED) is 0.892. The molecular weight excluding hydrogens is 328 g/mol. The van der Waals surface area contributed by atoms with Crippen LogP contribution in [0, 0.1) is 19.8 Å². The van der Waals surface area contributed by atoms with Crippen LogP contribution in [0.25, 0.3) is 0 Å². The molecule has 0 radical (unpaired) electrons. The minimum Gasteiger partial charge on any atom is -0.494 e. The summed E-state index contributed by atoms with van der Waals surface area (Å²) in [6.45, 7) is 8.05. The van der Waals surface area contributed by atoms with E-state index in [9.17, 15) is 4.79 Å². The summed E-state index contributed by atoms with van der Waals surface area (Å²) in [6.07, 6.45) is 1.84. The van der Waals surface area contributed by atoms with Crippen LogP contribution >= 0.6 is 0 Å². The molecule has 6 nitrogen and oxygen atoms in total. The Balaban J connectivity index is 1.64. The largest absolute Gasteiger partial charge is 0.494 e. The monoisotopic (exact) mass is 354 g/mol. The average Bonchev–Trinajstić information content (AvgIpc) is 2.63. The number of aryl methyl sites for hydroxylation is 2. The number of carbonyl (C=O) groups is 1. The lowest BCUT2D eigenvalue weighted by molar-refractivity contribution is -0.120. The molecule has 1 amide bonds. The van der Waals surface area contributed by atoms with Crippen molar-refractivity contribution in [2.75, 3.05) is 29.9 Å². The van der Waals surface area contributed by atoms with Crippen molar-refractivity contribution in [1.82, 2.24) is 9.97 Å². The third-order valence-corrected chi connectivity index (χ3v) is 4.48. The van der Waals surface area contributed by atoms with Crippen molar-refractivity contribution in [3.8, 4) is 5.75 Å². The maximum absolute atomic E-state index is 12.7. The number of rotatable bonds is 5. The number of aromatic nitrogens is 2. The average molecular weight is 354 g/mol. The Kier molecular flexibility index (Phi) is 5.71. The van der Waals surface area contributed by atoms with E-state index in [1.807, 2.05) is 51.1 Å². The highest BCUT2D eigenvalue weighted by molar-refractivity contribution is 5.93. The van der Waals surface area contributed by atoms with E-state index < -0.39 is 0 Å². The van der Waals surface area contributed by atoms with Gasteiger partial charge in [0.2, 0.25) is 11.9 Å². The van der Waals surface area contributed by atoms with Crippen LogP contribution in [-0.4, -0.2) is 35.6 Å². The molecule has 0 unspecified atom stereocenters. The van der Waals surface area contributed by atoms with Crippen LogP contribution in [0.3, 0.4) is 0 Å². The molecular formula is C20H26N4O2. The molecule has 3 rings (SSSR count). The number of benzene rings is 1. The molecule has 1 N–H and O–H groups in total. The summed E-state index contributed by atoms with van der Waals surface area (Å²) in [4.78, 5) is 23.9. The fraction of sp³-hybridized carbons (Fsp3) is 0.450. The molecule has 1 atom stereocenters. The number of carbonyl (C=O) groups excluding carboxylic acids is 1. The van der Waals surface area contributed by atoms with Gasteiger partial charge in [0, 0.05) is 30.2 Å². The smallest absolute Gasteiger partial charge is 0.229 e. The first kappa shape index (κ1) is 18.2. The molecule has 1 aromatic heterocycles. The molecule has 26 heavy (non-hydrogen) atoms. The topological polar surface area (TPSA) is 67.3 Å². The predicted octanol–water partition coefficient (Wildman–Crippen LogP) is 3.35. The van der Waals surface area contributed by atoms with Crippen molar-refractivity contribution in [2.45, 2.75) is 33.6 Å². The summed E-state index contributed by atoms with van der Waals surface area (Å²) >= 11 is 0. The molecule has 0 spiro atoms.